The maximum absolute atomic E-state index is 12.4. The summed E-state index contributed by atoms with van der Waals surface area (Å²) in [4.78, 5) is 29.3. The number of nitrogens with zero attached hydrogens (tertiary/aromatic N) is 2. The number of nitrogens with two attached hydrogens (primary N) is 1. The Morgan fingerprint density at radius 1 is 0.903 bits per heavy atom. The van der Waals surface area contributed by atoms with Crippen LogP contribution in [-0.4, -0.2) is 62.5 Å². The minimum atomic E-state index is -0.233. The van der Waals surface area contributed by atoms with Crippen LogP contribution in [-0.2, 0) is 4.79 Å². The molecule has 1 fully saturated rings. The van der Waals surface area contributed by atoms with E-state index >= 15 is 0 Å². The van der Waals surface area contributed by atoms with Crippen LogP contribution in [0.25, 0.3) is 0 Å². The summed E-state index contributed by atoms with van der Waals surface area (Å²) in [6, 6.07) is 17.4. The van der Waals surface area contributed by atoms with Gasteiger partial charge in [-0.2, -0.15) is 0 Å². The van der Waals surface area contributed by atoms with Crippen LogP contribution in [0.4, 0.5) is 11.4 Å². The summed E-state index contributed by atoms with van der Waals surface area (Å²) in [5.74, 6) is -0.321. The zero-order chi connectivity index (χ0) is 20.5. The topological polar surface area (TPSA) is 90.7 Å². The van der Waals surface area contributed by atoms with Crippen LogP contribution in [0.1, 0.15) is 16.8 Å². The first-order chi connectivity index (χ1) is 14.2. The standard InChI is InChI=1S/C22H29N5O2.2ClH/c23-11-12-24-22(29)19-8-4-5-9-20(19)25-21(28)10-13-26-14-16-27(17-15-26)18-6-2-1-3-7-18;;/h1-9H,10-17,23H2,(H,24,29)(H,25,28);2*1H. The minimum absolute atomic E-state index is 0. The zero-order valence-corrected chi connectivity index (χ0v) is 19.1. The Kier molecular flexibility index (Phi) is 12.0. The maximum atomic E-state index is 12.4. The molecule has 1 aliphatic heterocycles. The molecule has 1 saturated heterocycles. The fraction of sp³-hybridized carbons (Fsp3) is 0.364. The van der Waals surface area contributed by atoms with E-state index in [0.29, 0.717) is 37.3 Å². The van der Waals surface area contributed by atoms with Gasteiger partial charge in [0.05, 0.1) is 11.3 Å². The molecule has 3 rings (SSSR count). The number of carbonyl (C=O) groups excluding carboxylic acids is 2. The Bertz CT molecular complexity index is 815. The first-order valence-electron chi connectivity index (χ1n) is 10.1. The number of piperazine rings is 1. The Labute approximate surface area is 196 Å². The van der Waals surface area contributed by atoms with Crippen LogP contribution in [0.2, 0.25) is 0 Å². The van der Waals surface area contributed by atoms with Gasteiger partial charge in [0.1, 0.15) is 0 Å². The Morgan fingerprint density at radius 2 is 1.55 bits per heavy atom. The highest BCUT2D eigenvalue weighted by molar-refractivity contribution is 6.03. The van der Waals surface area contributed by atoms with Gasteiger partial charge in [0.15, 0.2) is 0 Å². The van der Waals surface area contributed by atoms with Gasteiger partial charge >= 0.3 is 0 Å². The number of halogens is 2. The van der Waals surface area contributed by atoms with Crippen molar-refractivity contribution in [1.82, 2.24) is 10.2 Å². The van der Waals surface area contributed by atoms with Crippen molar-refractivity contribution in [2.24, 2.45) is 5.73 Å². The van der Waals surface area contributed by atoms with E-state index in [1.54, 1.807) is 24.3 Å². The minimum Gasteiger partial charge on any atom is -0.369 e. The van der Waals surface area contributed by atoms with Crippen molar-refractivity contribution in [3.8, 4) is 0 Å². The summed E-state index contributed by atoms with van der Waals surface area (Å²) in [6.45, 7) is 5.25. The molecular formula is C22H31Cl2N5O2. The predicted octanol–water partition coefficient (Wildman–Crippen LogP) is 2.37. The molecule has 31 heavy (non-hydrogen) atoms. The van der Waals surface area contributed by atoms with Gasteiger partial charge in [-0.3, -0.25) is 14.5 Å². The average molecular weight is 468 g/mol. The number of para-hydroxylation sites is 2. The summed E-state index contributed by atoms with van der Waals surface area (Å²) in [7, 11) is 0. The molecule has 0 bridgehead atoms. The third-order valence-corrected chi connectivity index (χ3v) is 5.02. The van der Waals surface area contributed by atoms with Crippen LogP contribution in [0, 0.1) is 0 Å². The molecule has 1 aliphatic rings. The first-order valence-corrected chi connectivity index (χ1v) is 10.1. The second-order valence-electron chi connectivity index (χ2n) is 7.05. The Balaban J connectivity index is 0.00000240. The van der Waals surface area contributed by atoms with Crippen LogP contribution in [0.3, 0.4) is 0 Å². The molecule has 170 valence electrons. The molecule has 0 spiro atoms. The van der Waals surface area contributed by atoms with Crippen LogP contribution >= 0.6 is 24.8 Å². The Morgan fingerprint density at radius 3 is 2.23 bits per heavy atom. The molecule has 7 nitrogen and oxygen atoms in total. The maximum Gasteiger partial charge on any atom is 0.253 e. The summed E-state index contributed by atoms with van der Waals surface area (Å²) in [5, 5.41) is 5.61. The number of anilines is 2. The number of nitrogens with one attached hydrogen (secondary N) is 2. The number of hydrogen-bond donors (Lipinski definition) is 3. The molecule has 0 aromatic heterocycles. The predicted molar refractivity (Wildman–Crippen MR) is 131 cm³/mol. The van der Waals surface area contributed by atoms with Crippen molar-refractivity contribution in [3.05, 3.63) is 60.2 Å². The summed E-state index contributed by atoms with van der Waals surface area (Å²) >= 11 is 0. The van der Waals surface area contributed by atoms with Crippen LogP contribution in [0.15, 0.2) is 54.6 Å². The van der Waals surface area contributed by atoms with E-state index in [2.05, 4.69) is 44.7 Å². The van der Waals surface area contributed by atoms with Crippen molar-refractivity contribution in [2.75, 3.05) is 56.0 Å². The van der Waals surface area contributed by atoms with Crippen molar-refractivity contribution >= 4 is 48.0 Å². The molecule has 4 N–H and O–H groups in total. The van der Waals surface area contributed by atoms with Crippen molar-refractivity contribution in [3.63, 3.8) is 0 Å². The molecule has 0 saturated carbocycles. The van der Waals surface area contributed by atoms with Gasteiger partial charge in [-0.15, -0.1) is 24.8 Å². The molecule has 0 aliphatic carbocycles. The van der Waals surface area contributed by atoms with Crippen molar-refractivity contribution in [2.45, 2.75) is 6.42 Å². The van der Waals surface area contributed by atoms with Gasteiger partial charge < -0.3 is 21.3 Å². The lowest BCUT2D eigenvalue weighted by Gasteiger charge is -2.36. The van der Waals surface area contributed by atoms with E-state index in [1.807, 2.05) is 6.07 Å². The van der Waals surface area contributed by atoms with Crippen LogP contribution < -0.4 is 21.3 Å². The van der Waals surface area contributed by atoms with Gasteiger partial charge in [0.2, 0.25) is 5.91 Å². The summed E-state index contributed by atoms with van der Waals surface area (Å²) in [5.41, 5.74) is 7.66. The third kappa shape index (κ3) is 8.03. The third-order valence-electron chi connectivity index (χ3n) is 5.02. The van der Waals surface area contributed by atoms with Gasteiger partial charge in [-0.05, 0) is 24.3 Å². The van der Waals surface area contributed by atoms with Gasteiger partial charge in [0, 0.05) is 57.9 Å². The van der Waals surface area contributed by atoms with Gasteiger partial charge in [0.25, 0.3) is 5.91 Å². The van der Waals surface area contributed by atoms with Crippen molar-refractivity contribution in [1.29, 1.82) is 0 Å². The highest BCUT2D eigenvalue weighted by Crippen LogP contribution is 2.17. The summed E-state index contributed by atoms with van der Waals surface area (Å²) < 4.78 is 0. The van der Waals surface area contributed by atoms with E-state index < -0.39 is 0 Å². The zero-order valence-electron chi connectivity index (χ0n) is 17.5. The van der Waals surface area contributed by atoms with Crippen molar-refractivity contribution < 1.29 is 9.59 Å². The molecule has 2 amide bonds. The molecular weight excluding hydrogens is 437 g/mol. The van der Waals surface area contributed by atoms with E-state index in [-0.39, 0.29) is 36.6 Å². The number of carbonyl (C=O) groups is 2. The molecule has 9 heteroatoms. The SMILES string of the molecule is Cl.Cl.NCCNC(=O)c1ccccc1NC(=O)CCN1CCN(c2ccccc2)CC1. The van der Waals surface area contributed by atoms with Gasteiger partial charge in [-0.25, -0.2) is 0 Å². The van der Waals surface area contributed by atoms with E-state index in [0.717, 1.165) is 26.2 Å². The lowest BCUT2D eigenvalue weighted by molar-refractivity contribution is -0.116. The smallest absolute Gasteiger partial charge is 0.253 e. The van der Waals surface area contributed by atoms with Gasteiger partial charge in [-0.1, -0.05) is 30.3 Å². The number of rotatable bonds is 8. The molecule has 1 heterocycles. The van der Waals surface area contributed by atoms with Crippen LogP contribution in [0.5, 0.6) is 0 Å². The highest BCUT2D eigenvalue weighted by Gasteiger charge is 2.18. The van der Waals surface area contributed by atoms with E-state index in [9.17, 15) is 9.59 Å². The fourth-order valence-electron chi connectivity index (χ4n) is 3.41. The highest BCUT2D eigenvalue weighted by atomic mass is 35.5. The summed E-state index contributed by atoms with van der Waals surface area (Å²) in [6.07, 6.45) is 0.393. The van der Waals surface area contributed by atoms with E-state index in [1.165, 1.54) is 5.69 Å². The Hall–Kier alpha value is -2.32. The lowest BCUT2D eigenvalue weighted by atomic mass is 10.1. The number of benzene rings is 2. The lowest BCUT2D eigenvalue weighted by Crippen LogP contribution is -2.47. The molecule has 0 radical (unpaired) electrons. The molecule has 0 atom stereocenters. The number of hydrogen-bond acceptors (Lipinski definition) is 5. The molecule has 2 aromatic rings. The molecule has 2 aromatic carbocycles. The second-order valence-corrected chi connectivity index (χ2v) is 7.05. The fourth-order valence-corrected chi connectivity index (χ4v) is 3.41. The quantitative estimate of drug-likeness (QED) is 0.554. The monoisotopic (exact) mass is 467 g/mol. The largest absolute Gasteiger partial charge is 0.369 e. The van der Waals surface area contributed by atoms with E-state index in [4.69, 9.17) is 5.73 Å². The number of amides is 2. The average Bonchev–Trinajstić information content (AvgIpc) is 2.77. The first kappa shape index (κ1) is 26.7. The second kappa shape index (κ2) is 13.9. The molecule has 0 unspecified atom stereocenters. The normalized spacial score (nSPS) is 13.5.